The zero-order valence-electron chi connectivity index (χ0n) is 18.9. The zero-order chi connectivity index (χ0) is 24.9. The van der Waals surface area contributed by atoms with Crippen LogP contribution in [-0.4, -0.2) is 17.7 Å². The van der Waals surface area contributed by atoms with Crippen LogP contribution in [0.2, 0.25) is 5.02 Å². The molecule has 0 radical (unpaired) electrons. The van der Waals surface area contributed by atoms with E-state index in [1.807, 2.05) is 32.0 Å². The average Bonchev–Trinajstić information content (AvgIpc) is 3.15. The highest BCUT2D eigenvalue weighted by Crippen LogP contribution is 2.39. The molecule has 1 aliphatic heterocycles. The van der Waals surface area contributed by atoms with Crippen LogP contribution >= 0.6 is 39.3 Å². The number of nitrogens with zero attached hydrogens (tertiary/aromatic N) is 1. The lowest BCUT2D eigenvalue weighted by Gasteiger charge is -2.15. The summed E-state index contributed by atoms with van der Waals surface area (Å²) in [5, 5.41) is 3.89. The number of hydrogen-bond donors (Lipinski definition) is 1. The standard InChI is InChI=1S/C26H21BrClFN2O3S/c1-3-33-22-12-17(11-19(27)24(22)34-14-16-6-4-7-18(29)10-16)13-23-25(32)31-26(35-23)30-21-9-5-8-20(28)15(21)2/h4-13H,3,14H2,1-2H3,(H,30,31,32)/b23-13+. The van der Waals surface area contributed by atoms with Crippen LogP contribution in [-0.2, 0) is 11.4 Å². The lowest BCUT2D eigenvalue weighted by atomic mass is 10.1. The van der Waals surface area contributed by atoms with E-state index < -0.39 is 0 Å². The van der Waals surface area contributed by atoms with Crippen molar-refractivity contribution in [1.82, 2.24) is 5.32 Å². The lowest BCUT2D eigenvalue weighted by molar-refractivity contribution is -0.115. The van der Waals surface area contributed by atoms with Crippen molar-refractivity contribution in [2.45, 2.75) is 20.5 Å². The molecule has 35 heavy (non-hydrogen) atoms. The Hall–Kier alpha value is -2.81. The molecule has 1 saturated heterocycles. The maximum absolute atomic E-state index is 13.5. The number of amides is 1. The van der Waals surface area contributed by atoms with Crippen LogP contribution < -0.4 is 14.8 Å². The number of halogens is 3. The van der Waals surface area contributed by atoms with Gasteiger partial charge in [0.15, 0.2) is 16.7 Å². The van der Waals surface area contributed by atoms with Gasteiger partial charge in [-0.3, -0.25) is 4.79 Å². The van der Waals surface area contributed by atoms with Gasteiger partial charge in [-0.05, 0) is 101 Å². The Kier molecular flexibility index (Phi) is 8.15. The quantitative estimate of drug-likeness (QED) is 0.298. The van der Waals surface area contributed by atoms with Gasteiger partial charge < -0.3 is 14.8 Å². The Morgan fingerprint density at radius 2 is 1.97 bits per heavy atom. The molecule has 0 aromatic heterocycles. The molecule has 1 N–H and O–H groups in total. The highest BCUT2D eigenvalue weighted by molar-refractivity contribution is 9.10. The number of aliphatic imine (C=N–C) groups is 1. The Balaban J connectivity index is 1.57. The van der Waals surface area contributed by atoms with Gasteiger partial charge >= 0.3 is 0 Å². The molecule has 9 heteroatoms. The third kappa shape index (κ3) is 6.25. The third-order valence-corrected chi connectivity index (χ3v) is 6.92. The smallest absolute Gasteiger partial charge is 0.264 e. The molecule has 1 amide bonds. The van der Waals surface area contributed by atoms with Gasteiger partial charge in [-0.1, -0.05) is 29.8 Å². The molecular weight excluding hydrogens is 555 g/mol. The summed E-state index contributed by atoms with van der Waals surface area (Å²) in [5.41, 5.74) is 2.98. The second-order valence-electron chi connectivity index (χ2n) is 7.55. The number of carbonyl (C=O) groups excluding carboxylic acids is 1. The fourth-order valence-corrected chi connectivity index (χ4v) is 4.89. The van der Waals surface area contributed by atoms with E-state index in [0.717, 1.165) is 11.1 Å². The first kappa shape index (κ1) is 25.3. The van der Waals surface area contributed by atoms with Crippen molar-refractivity contribution >= 4 is 62.1 Å². The summed E-state index contributed by atoms with van der Waals surface area (Å²) in [4.78, 5) is 17.6. The largest absolute Gasteiger partial charge is 0.490 e. The topological polar surface area (TPSA) is 59.9 Å². The summed E-state index contributed by atoms with van der Waals surface area (Å²) in [6.45, 7) is 4.35. The molecule has 1 heterocycles. The first-order chi connectivity index (χ1) is 16.8. The molecule has 4 rings (SSSR count). The molecule has 0 saturated carbocycles. The number of carbonyl (C=O) groups is 1. The van der Waals surface area contributed by atoms with Crippen LogP contribution in [0.15, 0.2) is 69.0 Å². The van der Waals surface area contributed by atoms with Gasteiger partial charge in [0.25, 0.3) is 5.91 Å². The van der Waals surface area contributed by atoms with Crippen molar-refractivity contribution in [2.24, 2.45) is 4.99 Å². The maximum Gasteiger partial charge on any atom is 0.264 e. The first-order valence-corrected chi connectivity index (χ1v) is 12.7. The van der Waals surface area contributed by atoms with E-state index >= 15 is 0 Å². The van der Waals surface area contributed by atoms with Gasteiger partial charge in [0.1, 0.15) is 12.4 Å². The van der Waals surface area contributed by atoms with Crippen molar-refractivity contribution in [3.63, 3.8) is 0 Å². The van der Waals surface area contributed by atoms with Gasteiger partial charge in [0.05, 0.1) is 21.7 Å². The van der Waals surface area contributed by atoms with E-state index in [1.54, 1.807) is 30.3 Å². The summed E-state index contributed by atoms with van der Waals surface area (Å²) >= 11 is 11.0. The number of hydrogen-bond acceptors (Lipinski definition) is 5. The summed E-state index contributed by atoms with van der Waals surface area (Å²) in [7, 11) is 0. The van der Waals surface area contributed by atoms with E-state index in [2.05, 4.69) is 26.2 Å². The summed E-state index contributed by atoms with van der Waals surface area (Å²) < 4.78 is 25.9. The monoisotopic (exact) mass is 574 g/mol. The fourth-order valence-electron chi connectivity index (χ4n) is 3.32. The molecule has 180 valence electrons. The van der Waals surface area contributed by atoms with Gasteiger partial charge in [-0.25, -0.2) is 9.38 Å². The van der Waals surface area contributed by atoms with Gasteiger partial charge in [0.2, 0.25) is 0 Å². The molecule has 5 nitrogen and oxygen atoms in total. The molecule has 0 aliphatic carbocycles. The summed E-state index contributed by atoms with van der Waals surface area (Å²) in [6.07, 6.45) is 1.76. The van der Waals surface area contributed by atoms with Crippen LogP contribution in [0.5, 0.6) is 11.5 Å². The fraction of sp³-hybridized carbons (Fsp3) is 0.154. The zero-order valence-corrected chi connectivity index (χ0v) is 22.1. The molecule has 0 unspecified atom stereocenters. The number of rotatable bonds is 7. The molecule has 1 fully saturated rings. The van der Waals surface area contributed by atoms with Crippen molar-refractivity contribution < 1.29 is 18.7 Å². The highest BCUT2D eigenvalue weighted by Gasteiger charge is 2.24. The van der Waals surface area contributed by atoms with Crippen molar-refractivity contribution in [3.8, 4) is 11.5 Å². The molecular formula is C26H21BrClFN2O3S. The highest BCUT2D eigenvalue weighted by atomic mass is 79.9. The Labute approximate surface area is 220 Å². The molecule has 3 aromatic carbocycles. The van der Waals surface area contributed by atoms with E-state index in [-0.39, 0.29) is 18.3 Å². The number of ether oxygens (including phenoxy) is 2. The number of amidine groups is 1. The maximum atomic E-state index is 13.5. The molecule has 0 atom stereocenters. The molecule has 1 aliphatic rings. The predicted octanol–water partition coefficient (Wildman–Crippen LogP) is 7.42. The minimum atomic E-state index is -0.321. The van der Waals surface area contributed by atoms with Crippen LogP contribution in [0.4, 0.5) is 10.1 Å². The van der Waals surface area contributed by atoms with E-state index in [4.69, 9.17) is 21.1 Å². The second kappa shape index (κ2) is 11.3. The first-order valence-electron chi connectivity index (χ1n) is 10.7. The predicted molar refractivity (Wildman–Crippen MR) is 143 cm³/mol. The van der Waals surface area contributed by atoms with Crippen LogP contribution in [0, 0.1) is 12.7 Å². The minimum Gasteiger partial charge on any atom is -0.490 e. The number of nitrogens with one attached hydrogen (secondary N) is 1. The molecule has 0 bridgehead atoms. The van der Waals surface area contributed by atoms with Gasteiger partial charge in [-0.15, -0.1) is 0 Å². The van der Waals surface area contributed by atoms with Crippen molar-refractivity contribution in [1.29, 1.82) is 0 Å². The van der Waals surface area contributed by atoms with Crippen molar-refractivity contribution in [2.75, 3.05) is 6.61 Å². The second-order valence-corrected chi connectivity index (χ2v) is 9.84. The molecule has 3 aromatic rings. The van der Waals surface area contributed by atoms with Crippen molar-refractivity contribution in [3.05, 3.63) is 91.5 Å². The minimum absolute atomic E-state index is 0.178. The Bertz CT molecular complexity index is 1350. The molecule has 0 spiro atoms. The number of thioether (sulfide) groups is 1. The summed E-state index contributed by atoms with van der Waals surface area (Å²) in [5.74, 6) is 0.448. The van der Waals surface area contributed by atoms with E-state index in [1.165, 1.54) is 23.9 Å². The normalized spacial score (nSPS) is 15.5. The summed E-state index contributed by atoms with van der Waals surface area (Å²) in [6, 6.07) is 15.3. The Morgan fingerprint density at radius 3 is 2.74 bits per heavy atom. The lowest BCUT2D eigenvalue weighted by Crippen LogP contribution is -2.19. The van der Waals surface area contributed by atoms with Crippen LogP contribution in [0.3, 0.4) is 0 Å². The third-order valence-electron chi connectivity index (χ3n) is 5.01. The van der Waals surface area contributed by atoms with Crippen LogP contribution in [0.1, 0.15) is 23.6 Å². The van der Waals surface area contributed by atoms with Gasteiger partial charge in [0, 0.05) is 5.02 Å². The van der Waals surface area contributed by atoms with E-state index in [0.29, 0.717) is 48.9 Å². The van der Waals surface area contributed by atoms with Crippen LogP contribution in [0.25, 0.3) is 6.08 Å². The Morgan fingerprint density at radius 1 is 1.17 bits per heavy atom. The number of benzene rings is 3. The van der Waals surface area contributed by atoms with E-state index in [9.17, 15) is 9.18 Å². The van der Waals surface area contributed by atoms with Gasteiger partial charge in [-0.2, -0.15) is 0 Å². The average molecular weight is 576 g/mol. The SMILES string of the molecule is CCOc1cc(/C=C2/SC(=Nc3cccc(Cl)c3C)NC2=O)cc(Br)c1OCc1cccc(F)c1.